The number of nitrogens with two attached hydrogens (primary N) is 1. The predicted octanol–water partition coefficient (Wildman–Crippen LogP) is 2.75. The summed E-state index contributed by atoms with van der Waals surface area (Å²) in [5.41, 5.74) is 1.03. The van der Waals surface area contributed by atoms with Gasteiger partial charge >= 0.3 is 6.03 Å². The van der Waals surface area contributed by atoms with Crippen molar-refractivity contribution in [2.75, 3.05) is 5.32 Å². The van der Waals surface area contributed by atoms with E-state index >= 15 is 0 Å². The summed E-state index contributed by atoms with van der Waals surface area (Å²) >= 11 is 0.960. The van der Waals surface area contributed by atoms with Crippen LogP contribution in [0.1, 0.15) is 31.2 Å². The third-order valence-corrected chi connectivity index (χ3v) is 7.27. The molecular formula is C17H22N6O3S2. The van der Waals surface area contributed by atoms with Crippen molar-refractivity contribution in [1.82, 2.24) is 14.8 Å². The molecule has 0 aliphatic rings. The molecule has 9 nitrogen and oxygen atoms in total. The number of urea groups is 1. The average molecular weight is 423 g/mol. The maximum absolute atomic E-state index is 12.8. The predicted molar refractivity (Wildman–Crippen MR) is 109 cm³/mol. The van der Waals surface area contributed by atoms with E-state index < -0.39 is 21.5 Å². The molecule has 2 aromatic heterocycles. The molecule has 0 unspecified atom stereocenters. The second-order valence-electron chi connectivity index (χ2n) is 6.80. The standard InChI is InChI=1S/C17H22N6O3S2/c1-5-10-6-7-11-8-20-23(4)14(11)13(10)21-15(24)22-28(18,26)16-19-9-12(27-16)17(2,3)25/h6-9,25H,5H2,1-4H3,(H3,18,21,22,24,26)/t28-/m0/s1. The number of thiazole rings is 1. The number of aryl methyl sites for hydroxylation is 2. The van der Waals surface area contributed by atoms with Crippen LogP contribution in [0.5, 0.6) is 0 Å². The van der Waals surface area contributed by atoms with Gasteiger partial charge in [0.05, 0.1) is 27.9 Å². The number of rotatable bonds is 4. The van der Waals surface area contributed by atoms with Crippen LogP contribution in [0.3, 0.4) is 0 Å². The molecule has 0 fully saturated rings. The molecule has 2 amide bonds. The van der Waals surface area contributed by atoms with Crippen molar-refractivity contribution in [2.45, 2.75) is 37.1 Å². The molecule has 11 heteroatoms. The van der Waals surface area contributed by atoms with Gasteiger partial charge in [0.2, 0.25) is 4.34 Å². The Bertz CT molecular complexity index is 1170. The summed E-state index contributed by atoms with van der Waals surface area (Å²) in [6.45, 7) is 5.12. The topological polar surface area (TPSA) is 135 Å². The van der Waals surface area contributed by atoms with Crippen LogP contribution in [0.15, 0.2) is 33.2 Å². The highest BCUT2D eigenvalue weighted by Crippen LogP contribution is 2.29. The van der Waals surface area contributed by atoms with Crippen molar-refractivity contribution in [3.63, 3.8) is 0 Å². The van der Waals surface area contributed by atoms with Gasteiger partial charge < -0.3 is 10.4 Å². The fourth-order valence-corrected chi connectivity index (χ4v) is 4.79. The molecule has 0 aliphatic heterocycles. The molecule has 1 atom stereocenters. The van der Waals surface area contributed by atoms with E-state index in [9.17, 15) is 14.1 Å². The first kappa shape index (κ1) is 20.4. The smallest absolute Gasteiger partial charge is 0.355 e. The second kappa shape index (κ2) is 7.24. The van der Waals surface area contributed by atoms with E-state index in [4.69, 9.17) is 5.14 Å². The normalized spacial score (nSPS) is 14.1. The van der Waals surface area contributed by atoms with Crippen LogP contribution in [0.25, 0.3) is 10.9 Å². The van der Waals surface area contributed by atoms with Crippen molar-refractivity contribution in [2.24, 2.45) is 16.5 Å². The highest BCUT2D eigenvalue weighted by Gasteiger charge is 2.23. The zero-order valence-corrected chi connectivity index (χ0v) is 17.6. The van der Waals surface area contributed by atoms with Gasteiger partial charge in [-0.05, 0) is 25.8 Å². The molecule has 150 valence electrons. The van der Waals surface area contributed by atoms with Crippen molar-refractivity contribution in [3.05, 3.63) is 35.0 Å². The van der Waals surface area contributed by atoms with Gasteiger partial charge in [0.15, 0.2) is 9.92 Å². The van der Waals surface area contributed by atoms with Gasteiger partial charge in [-0.2, -0.15) is 5.10 Å². The van der Waals surface area contributed by atoms with Crippen molar-refractivity contribution in [1.29, 1.82) is 0 Å². The summed E-state index contributed by atoms with van der Waals surface area (Å²) in [6.07, 6.45) is 3.75. The first-order valence-corrected chi connectivity index (χ1v) is 10.9. The third-order valence-electron chi connectivity index (χ3n) is 4.16. The minimum absolute atomic E-state index is 0.0192. The average Bonchev–Trinajstić information content (AvgIpc) is 3.22. The lowest BCUT2D eigenvalue weighted by Crippen LogP contribution is -2.18. The quantitative estimate of drug-likeness (QED) is 0.594. The lowest BCUT2D eigenvalue weighted by Gasteiger charge is -2.13. The van der Waals surface area contributed by atoms with Crippen LogP contribution < -0.4 is 10.5 Å². The van der Waals surface area contributed by atoms with Crippen LogP contribution in [0, 0.1) is 0 Å². The molecule has 0 radical (unpaired) electrons. The number of hydrogen-bond donors (Lipinski definition) is 3. The zero-order valence-electron chi connectivity index (χ0n) is 16.0. The van der Waals surface area contributed by atoms with Crippen molar-refractivity contribution in [3.8, 4) is 0 Å². The van der Waals surface area contributed by atoms with Gasteiger partial charge in [0.1, 0.15) is 0 Å². The van der Waals surface area contributed by atoms with Crippen LogP contribution in [-0.4, -0.2) is 30.1 Å². The van der Waals surface area contributed by atoms with Gasteiger partial charge in [-0.15, -0.1) is 15.7 Å². The number of benzene rings is 1. The molecule has 0 saturated carbocycles. The van der Waals surface area contributed by atoms with Gasteiger partial charge in [-0.1, -0.05) is 19.1 Å². The van der Waals surface area contributed by atoms with Crippen molar-refractivity contribution < 1.29 is 14.1 Å². The monoisotopic (exact) mass is 422 g/mol. The van der Waals surface area contributed by atoms with Crippen LogP contribution >= 0.6 is 11.3 Å². The maximum atomic E-state index is 12.8. The first-order valence-electron chi connectivity index (χ1n) is 8.51. The van der Waals surface area contributed by atoms with E-state index in [0.717, 1.165) is 27.8 Å². The summed E-state index contributed by atoms with van der Waals surface area (Å²) in [4.78, 5) is 17.0. The minimum Gasteiger partial charge on any atom is -0.385 e. The number of anilines is 1. The Balaban J connectivity index is 1.97. The molecule has 4 N–H and O–H groups in total. The van der Waals surface area contributed by atoms with E-state index in [1.54, 1.807) is 31.8 Å². The van der Waals surface area contributed by atoms with E-state index in [1.807, 2.05) is 19.1 Å². The Morgan fingerprint density at radius 3 is 2.75 bits per heavy atom. The van der Waals surface area contributed by atoms with Gasteiger partial charge in [-0.25, -0.2) is 19.1 Å². The van der Waals surface area contributed by atoms with E-state index in [-0.39, 0.29) is 4.34 Å². The van der Waals surface area contributed by atoms with Gasteiger partial charge in [-0.3, -0.25) is 4.68 Å². The summed E-state index contributed by atoms with van der Waals surface area (Å²) in [7, 11) is -1.78. The fraction of sp³-hybridized carbons (Fsp3) is 0.353. The molecule has 3 aromatic rings. The number of nitrogens with zero attached hydrogens (tertiary/aromatic N) is 4. The number of hydrogen-bond acceptors (Lipinski definition) is 6. The number of amides is 2. The fourth-order valence-electron chi connectivity index (χ4n) is 2.71. The summed E-state index contributed by atoms with van der Waals surface area (Å²) < 4.78 is 18.1. The van der Waals surface area contributed by atoms with Crippen LogP contribution in [0.2, 0.25) is 0 Å². The Morgan fingerprint density at radius 2 is 2.14 bits per heavy atom. The van der Waals surface area contributed by atoms with E-state index in [2.05, 4.69) is 19.8 Å². The molecule has 0 bridgehead atoms. The largest absolute Gasteiger partial charge is 0.385 e. The molecule has 1 aromatic carbocycles. The highest BCUT2D eigenvalue weighted by atomic mass is 32.2. The zero-order chi connectivity index (χ0) is 20.7. The molecule has 3 rings (SSSR count). The number of carbonyl (C=O) groups is 1. The van der Waals surface area contributed by atoms with E-state index in [0.29, 0.717) is 17.0 Å². The first-order chi connectivity index (χ1) is 13.0. The number of carbonyl (C=O) groups excluding carboxylic acids is 1. The Morgan fingerprint density at radius 1 is 1.43 bits per heavy atom. The molecule has 0 saturated heterocycles. The number of aliphatic hydroxyl groups is 1. The summed E-state index contributed by atoms with van der Waals surface area (Å²) in [6, 6.07) is 2.99. The van der Waals surface area contributed by atoms with E-state index in [1.165, 1.54) is 6.20 Å². The maximum Gasteiger partial charge on any atom is 0.355 e. The van der Waals surface area contributed by atoms with Gasteiger partial charge in [0.25, 0.3) is 0 Å². The SMILES string of the molecule is CCc1ccc2cnn(C)c2c1NC(=O)N=[S@](N)(=O)c1ncc(C(C)(C)O)s1. The van der Waals surface area contributed by atoms with Crippen molar-refractivity contribution >= 4 is 43.9 Å². The summed E-state index contributed by atoms with van der Waals surface area (Å²) in [5, 5.41) is 23.6. The number of fused-ring (bicyclic) bond motifs is 1. The number of aromatic nitrogens is 3. The highest BCUT2D eigenvalue weighted by molar-refractivity contribution is 7.93. The lowest BCUT2D eigenvalue weighted by atomic mass is 10.1. The molecule has 28 heavy (non-hydrogen) atoms. The Labute approximate surface area is 166 Å². The molecule has 0 spiro atoms. The van der Waals surface area contributed by atoms with Gasteiger partial charge in [0, 0.05) is 18.6 Å². The Kier molecular flexibility index (Phi) is 5.28. The Hall–Kier alpha value is -2.34. The van der Waals surface area contributed by atoms with Crippen LogP contribution in [-0.2, 0) is 29.0 Å². The summed E-state index contributed by atoms with van der Waals surface area (Å²) in [5.74, 6) is 0. The third kappa shape index (κ3) is 3.92. The molecule has 0 aliphatic carbocycles. The minimum atomic E-state index is -3.55. The molecule has 2 heterocycles. The lowest BCUT2D eigenvalue weighted by molar-refractivity contribution is 0.0823. The molecular weight excluding hydrogens is 400 g/mol. The second-order valence-corrected chi connectivity index (χ2v) is 9.79. The number of nitrogens with one attached hydrogen (secondary N) is 1. The van der Waals surface area contributed by atoms with Crippen LogP contribution in [0.4, 0.5) is 10.5 Å².